The largest absolute Gasteiger partial charge is 0.465 e. The van der Waals surface area contributed by atoms with Crippen LogP contribution in [-0.2, 0) is 9.84 Å². The highest BCUT2D eigenvalue weighted by molar-refractivity contribution is 7.91. The first-order valence-corrected chi connectivity index (χ1v) is 12.5. The molecule has 172 valence electrons. The van der Waals surface area contributed by atoms with Gasteiger partial charge in [-0.1, -0.05) is 39.5 Å². The summed E-state index contributed by atoms with van der Waals surface area (Å²) in [5.41, 5.74) is 0. The van der Waals surface area contributed by atoms with Gasteiger partial charge in [0.2, 0.25) is 9.84 Å². The molecule has 0 aliphatic heterocycles. The van der Waals surface area contributed by atoms with Crippen molar-refractivity contribution in [3.8, 4) is 11.5 Å². The van der Waals surface area contributed by atoms with Gasteiger partial charge in [-0.2, -0.15) is 0 Å². The molecule has 0 aliphatic carbocycles. The number of aliphatic hydroxyl groups is 2. The van der Waals surface area contributed by atoms with Crippen LogP contribution in [0.15, 0.2) is 58.3 Å². The lowest BCUT2D eigenvalue weighted by Gasteiger charge is -2.14. The second kappa shape index (κ2) is 12.7. The highest BCUT2D eigenvalue weighted by Gasteiger charge is 2.18. The molecule has 0 radical (unpaired) electrons. The van der Waals surface area contributed by atoms with E-state index in [1.54, 1.807) is 24.3 Å². The van der Waals surface area contributed by atoms with Crippen LogP contribution in [-0.4, -0.2) is 31.2 Å². The van der Waals surface area contributed by atoms with Crippen LogP contribution in [0.2, 0.25) is 0 Å². The summed E-state index contributed by atoms with van der Waals surface area (Å²) >= 11 is 0. The number of hydrogen-bond donors (Lipinski definition) is 2. The van der Waals surface area contributed by atoms with E-state index in [0.717, 1.165) is 38.5 Å². The van der Waals surface area contributed by atoms with Crippen LogP contribution in [0.1, 0.15) is 65.2 Å². The minimum Gasteiger partial charge on any atom is -0.465 e. The number of ether oxygens (including phenoxy) is 2. The zero-order valence-electron chi connectivity index (χ0n) is 18.4. The van der Waals surface area contributed by atoms with Crippen molar-refractivity contribution in [2.24, 2.45) is 0 Å². The minimum absolute atomic E-state index is 0.133. The van der Waals surface area contributed by atoms with E-state index in [1.165, 1.54) is 24.3 Å². The summed E-state index contributed by atoms with van der Waals surface area (Å²) in [5, 5.41) is 19.8. The van der Waals surface area contributed by atoms with Gasteiger partial charge >= 0.3 is 0 Å². The van der Waals surface area contributed by atoms with Crippen molar-refractivity contribution >= 4 is 9.84 Å². The van der Waals surface area contributed by atoms with Crippen LogP contribution in [0.4, 0.5) is 0 Å². The van der Waals surface area contributed by atoms with E-state index >= 15 is 0 Å². The van der Waals surface area contributed by atoms with Gasteiger partial charge in [0.1, 0.15) is 11.5 Å². The SMILES string of the molecule is CCCCCC(O)Oc1ccc(S(=O)(=O)c2ccc(OC(O)CCCCC)cc2)cc1. The molecule has 6 nitrogen and oxygen atoms in total. The van der Waals surface area contributed by atoms with E-state index < -0.39 is 22.4 Å². The monoisotopic (exact) mass is 450 g/mol. The zero-order valence-corrected chi connectivity index (χ0v) is 19.2. The predicted octanol–water partition coefficient (Wildman–Crippen LogP) is 5.07. The molecule has 2 unspecified atom stereocenters. The molecule has 2 aromatic rings. The first-order chi connectivity index (χ1) is 14.9. The van der Waals surface area contributed by atoms with Gasteiger partial charge in [-0.25, -0.2) is 8.42 Å². The molecule has 7 heteroatoms. The number of unbranched alkanes of at least 4 members (excludes halogenated alkanes) is 4. The van der Waals surface area contributed by atoms with Crippen molar-refractivity contribution in [2.75, 3.05) is 0 Å². The van der Waals surface area contributed by atoms with Crippen molar-refractivity contribution in [1.82, 2.24) is 0 Å². The molecule has 2 atom stereocenters. The lowest BCUT2D eigenvalue weighted by Crippen LogP contribution is -2.15. The Kier molecular flexibility index (Phi) is 10.3. The van der Waals surface area contributed by atoms with Crippen molar-refractivity contribution in [3.05, 3.63) is 48.5 Å². The fourth-order valence-corrected chi connectivity index (χ4v) is 4.36. The Bertz CT molecular complexity index is 794. The predicted molar refractivity (Wildman–Crippen MR) is 120 cm³/mol. The molecule has 2 rings (SSSR count). The van der Waals surface area contributed by atoms with Crippen LogP contribution < -0.4 is 9.47 Å². The third kappa shape index (κ3) is 8.16. The van der Waals surface area contributed by atoms with Crippen LogP contribution in [0, 0.1) is 0 Å². The smallest absolute Gasteiger partial charge is 0.206 e. The molecule has 2 aromatic carbocycles. The van der Waals surface area contributed by atoms with Crippen LogP contribution in [0.25, 0.3) is 0 Å². The summed E-state index contributed by atoms with van der Waals surface area (Å²) in [4.78, 5) is 0.266. The molecule has 0 aliphatic rings. The van der Waals surface area contributed by atoms with Crippen LogP contribution in [0.5, 0.6) is 11.5 Å². The first kappa shape index (κ1) is 25.2. The fourth-order valence-electron chi connectivity index (χ4n) is 3.10. The van der Waals surface area contributed by atoms with E-state index in [9.17, 15) is 18.6 Å². The molecule has 0 bridgehead atoms. The third-order valence-electron chi connectivity index (χ3n) is 4.92. The Morgan fingerprint density at radius 3 is 1.35 bits per heavy atom. The first-order valence-electron chi connectivity index (χ1n) is 11.0. The topological polar surface area (TPSA) is 93.1 Å². The Labute approximate surface area is 185 Å². The summed E-state index contributed by atoms with van der Waals surface area (Å²) in [6, 6.07) is 12.0. The standard InChI is InChI=1S/C24H34O6S/c1-3-5-7-9-23(25)29-19-11-15-21(16-12-19)31(27,28)22-17-13-20(14-18-22)30-24(26)10-8-6-4-2/h11-18,23-26H,3-10H2,1-2H3. The van der Waals surface area contributed by atoms with E-state index in [4.69, 9.17) is 9.47 Å². The molecule has 0 saturated carbocycles. The van der Waals surface area contributed by atoms with Gasteiger partial charge in [0.15, 0.2) is 12.6 Å². The normalized spacial score (nSPS) is 13.5. The number of aliphatic hydroxyl groups excluding tert-OH is 2. The maximum atomic E-state index is 12.9. The number of rotatable bonds is 14. The van der Waals surface area contributed by atoms with Crippen molar-refractivity contribution < 1.29 is 28.1 Å². The average Bonchev–Trinajstić information content (AvgIpc) is 2.75. The van der Waals surface area contributed by atoms with Gasteiger partial charge in [-0.15, -0.1) is 0 Å². The van der Waals surface area contributed by atoms with E-state index in [2.05, 4.69) is 13.8 Å². The lowest BCUT2D eigenvalue weighted by molar-refractivity contribution is -0.0250. The maximum Gasteiger partial charge on any atom is 0.206 e. The Morgan fingerprint density at radius 2 is 1.03 bits per heavy atom. The Morgan fingerprint density at radius 1 is 0.677 bits per heavy atom. The summed E-state index contributed by atoms with van der Waals surface area (Å²) in [6.45, 7) is 4.18. The summed E-state index contributed by atoms with van der Waals surface area (Å²) in [7, 11) is -3.70. The maximum absolute atomic E-state index is 12.9. The van der Waals surface area contributed by atoms with Gasteiger partial charge in [-0.3, -0.25) is 0 Å². The Balaban J connectivity index is 1.98. The molecule has 0 fully saturated rings. The van der Waals surface area contributed by atoms with Crippen molar-refractivity contribution in [3.63, 3.8) is 0 Å². The molecule has 31 heavy (non-hydrogen) atoms. The van der Waals surface area contributed by atoms with Gasteiger partial charge in [0, 0.05) is 12.8 Å². The molecular formula is C24H34O6S. The molecule has 0 saturated heterocycles. The second-order valence-electron chi connectivity index (χ2n) is 7.58. The highest BCUT2D eigenvalue weighted by Crippen LogP contribution is 2.26. The Hall–Kier alpha value is -2.09. The molecule has 0 aromatic heterocycles. The highest BCUT2D eigenvalue weighted by atomic mass is 32.2. The van der Waals surface area contributed by atoms with Gasteiger partial charge in [0.05, 0.1) is 9.79 Å². The lowest BCUT2D eigenvalue weighted by atomic mass is 10.2. The van der Waals surface area contributed by atoms with E-state index in [1.807, 2.05) is 0 Å². The summed E-state index contributed by atoms with van der Waals surface area (Å²) in [5.74, 6) is 0.840. The zero-order chi connectivity index (χ0) is 22.7. The summed E-state index contributed by atoms with van der Waals surface area (Å²) in [6.07, 6.45) is 5.19. The van der Waals surface area contributed by atoms with Gasteiger partial charge in [-0.05, 0) is 61.4 Å². The molecule has 0 heterocycles. The van der Waals surface area contributed by atoms with Crippen LogP contribution in [0.3, 0.4) is 0 Å². The van der Waals surface area contributed by atoms with Crippen LogP contribution >= 0.6 is 0 Å². The molecule has 0 spiro atoms. The molecule has 2 N–H and O–H groups in total. The van der Waals surface area contributed by atoms with Gasteiger partial charge < -0.3 is 19.7 Å². The third-order valence-corrected chi connectivity index (χ3v) is 6.71. The number of hydrogen-bond acceptors (Lipinski definition) is 6. The van der Waals surface area contributed by atoms with E-state index in [-0.39, 0.29) is 9.79 Å². The number of benzene rings is 2. The molecule has 0 amide bonds. The second-order valence-corrected chi connectivity index (χ2v) is 9.53. The quantitative estimate of drug-likeness (QED) is 0.308. The van der Waals surface area contributed by atoms with E-state index in [0.29, 0.717) is 24.3 Å². The average molecular weight is 451 g/mol. The summed E-state index contributed by atoms with van der Waals surface area (Å²) < 4.78 is 36.6. The number of sulfone groups is 1. The minimum atomic E-state index is -3.70. The van der Waals surface area contributed by atoms with Crippen molar-refractivity contribution in [2.45, 2.75) is 87.6 Å². The van der Waals surface area contributed by atoms with Gasteiger partial charge in [0.25, 0.3) is 0 Å². The van der Waals surface area contributed by atoms with Crippen molar-refractivity contribution in [1.29, 1.82) is 0 Å². The fraction of sp³-hybridized carbons (Fsp3) is 0.500. The molecular weight excluding hydrogens is 416 g/mol.